The van der Waals surface area contributed by atoms with Gasteiger partial charge < -0.3 is 0 Å². The molecule has 3 heteroatoms. The van der Waals surface area contributed by atoms with E-state index in [0.717, 1.165) is 0 Å². The maximum atomic E-state index is 10.1. The van der Waals surface area contributed by atoms with Crippen LogP contribution < -0.4 is 5.56 Å². The van der Waals surface area contributed by atoms with E-state index in [-0.39, 0.29) is 5.56 Å². The van der Waals surface area contributed by atoms with E-state index < -0.39 is 0 Å². The lowest BCUT2D eigenvalue weighted by Crippen LogP contribution is -2.03. The molecule has 0 spiro atoms. The van der Waals surface area contributed by atoms with E-state index in [1.54, 1.807) is 0 Å². The summed E-state index contributed by atoms with van der Waals surface area (Å²) in [5.74, 6) is 0. The minimum Gasteiger partial charge on any atom is -0.267 e. The number of nitrogens with zero attached hydrogens (tertiary/aromatic N) is 1. The fraction of sp³-hybridized carbons (Fsp3) is 0. The Morgan fingerprint density at radius 2 is 2.71 bits per heavy atom. The van der Waals surface area contributed by atoms with Crippen molar-refractivity contribution in [1.82, 2.24) is 10.2 Å². The first-order chi connectivity index (χ1) is 3.39. The summed E-state index contributed by atoms with van der Waals surface area (Å²) >= 11 is 0. The Kier molecular flexibility index (Phi) is 0.898. The normalized spacial score (nSPS) is 8.57. The third-order valence-electron chi connectivity index (χ3n) is 0.530. The summed E-state index contributed by atoms with van der Waals surface area (Å²) in [6, 6.07) is 3.81. The average molecular weight is 95.1 g/mol. The highest BCUT2D eigenvalue weighted by Gasteiger charge is 1.71. The zero-order valence-corrected chi connectivity index (χ0v) is 3.51. The summed E-state index contributed by atoms with van der Waals surface area (Å²) in [5, 5.41) is 5.59. The summed E-state index contributed by atoms with van der Waals surface area (Å²) in [6.07, 6.45) is 1.46. The molecular formula is C4H3N2O. The third-order valence-corrected chi connectivity index (χ3v) is 0.530. The van der Waals surface area contributed by atoms with Gasteiger partial charge in [-0.25, -0.2) is 5.10 Å². The van der Waals surface area contributed by atoms with Gasteiger partial charge in [0.25, 0.3) is 5.56 Å². The topological polar surface area (TPSA) is 45.8 Å². The smallest absolute Gasteiger partial charge is 0.267 e. The predicted octanol–water partition coefficient (Wildman–Crippen LogP) is -0.430. The Labute approximate surface area is 40.0 Å². The Bertz CT molecular complexity index is 175. The molecular weight excluding hydrogens is 92.1 g/mol. The van der Waals surface area contributed by atoms with E-state index in [9.17, 15) is 4.79 Å². The molecule has 0 aliphatic heterocycles. The van der Waals surface area contributed by atoms with Gasteiger partial charge in [0, 0.05) is 6.20 Å². The zero-order valence-electron chi connectivity index (χ0n) is 3.51. The minimum absolute atomic E-state index is 0.289. The van der Waals surface area contributed by atoms with Crippen LogP contribution in [0.5, 0.6) is 0 Å². The number of hydrogen-bond acceptors (Lipinski definition) is 2. The van der Waals surface area contributed by atoms with Crippen LogP contribution in [-0.4, -0.2) is 10.2 Å². The summed E-state index contributed by atoms with van der Waals surface area (Å²) in [6.45, 7) is 0. The Balaban J connectivity index is 3.28. The monoisotopic (exact) mass is 95.0 g/mol. The summed E-state index contributed by atoms with van der Waals surface area (Å²) in [5.41, 5.74) is -0.289. The molecule has 1 aromatic heterocycles. The highest BCUT2D eigenvalue weighted by atomic mass is 16.1. The zero-order chi connectivity index (χ0) is 5.11. The highest BCUT2D eigenvalue weighted by molar-refractivity contribution is 4.78. The van der Waals surface area contributed by atoms with E-state index in [0.29, 0.717) is 0 Å². The van der Waals surface area contributed by atoms with Crippen molar-refractivity contribution in [2.24, 2.45) is 0 Å². The Hall–Kier alpha value is -1.12. The molecule has 7 heavy (non-hydrogen) atoms. The van der Waals surface area contributed by atoms with Gasteiger partial charge in [-0.2, -0.15) is 5.10 Å². The molecule has 0 atom stereocenters. The number of H-pyrrole nitrogens is 1. The first-order valence-electron chi connectivity index (χ1n) is 1.81. The van der Waals surface area contributed by atoms with Gasteiger partial charge in [0.15, 0.2) is 0 Å². The maximum Gasteiger partial charge on any atom is 0.272 e. The molecule has 1 rings (SSSR count). The lowest BCUT2D eigenvalue weighted by molar-refractivity contribution is 0.985. The first kappa shape index (κ1) is 4.05. The molecule has 3 nitrogen and oxygen atoms in total. The quantitative estimate of drug-likeness (QED) is 0.475. The van der Waals surface area contributed by atoms with Crippen LogP contribution in [0.2, 0.25) is 0 Å². The van der Waals surface area contributed by atoms with Crippen LogP contribution in [0.25, 0.3) is 0 Å². The number of aromatic amines is 1. The molecule has 1 aromatic rings. The van der Waals surface area contributed by atoms with Gasteiger partial charge >= 0.3 is 0 Å². The van der Waals surface area contributed by atoms with Crippen molar-refractivity contribution in [1.29, 1.82) is 0 Å². The molecule has 0 saturated carbocycles. The van der Waals surface area contributed by atoms with Crippen LogP contribution in [0.15, 0.2) is 17.1 Å². The van der Waals surface area contributed by atoms with E-state index in [1.165, 1.54) is 12.3 Å². The molecule has 0 aliphatic carbocycles. The van der Waals surface area contributed by atoms with Gasteiger partial charge in [-0.1, -0.05) is 0 Å². The molecule has 1 heterocycles. The SMILES string of the molecule is O=c1[c]ccn[nH]1. The third kappa shape index (κ3) is 0.855. The van der Waals surface area contributed by atoms with Gasteiger partial charge in [0.2, 0.25) is 0 Å². The van der Waals surface area contributed by atoms with Crippen molar-refractivity contribution in [3.63, 3.8) is 0 Å². The Morgan fingerprint density at radius 3 is 3.00 bits per heavy atom. The summed E-state index contributed by atoms with van der Waals surface area (Å²) < 4.78 is 0. The van der Waals surface area contributed by atoms with Crippen molar-refractivity contribution in [3.05, 3.63) is 28.7 Å². The lowest BCUT2D eigenvalue weighted by Gasteiger charge is -1.72. The van der Waals surface area contributed by atoms with Gasteiger partial charge in [-0.05, 0) is 6.07 Å². The van der Waals surface area contributed by atoms with Crippen molar-refractivity contribution in [3.8, 4) is 0 Å². The number of aromatic nitrogens is 2. The van der Waals surface area contributed by atoms with E-state index in [4.69, 9.17) is 0 Å². The lowest BCUT2D eigenvalue weighted by atomic mass is 10.6. The number of hydrogen-bond donors (Lipinski definition) is 1. The standard InChI is InChI=1S/C4H3N2O/c7-4-2-1-3-5-6-4/h1,3H,(H,6,7). The first-order valence-corrected chi connectivity index (χ1v) is 1.81. The fourth-order valence-electron chi connectivity index (χ4n) is 0.278. The van der Waals surface area contributed by atoms with Crippen LogP contribution in [0.4, 0.5) is 0 Å². The second-order valence-corrected chi connectivity index (χ2v) is 1.03. The van der Waals surface area contributed by atoms with E-state index in [2.05, 4.69) is 16.3 Å². The molecule has 0 fully saturated rings. The van der Waals surface area contributed by atoms with Crippen LogP contribution in [0, 0.1) is 6.07 Å². The summed E-state index contributed by atoms with van der Waals surface area (Å²) in [7, 11) is 0. The van der Waals surface area contributed by atoms with E-state index >= 15 is 0 Å². The number of nitrogens with one attached hydrogen (secondary N) is 1. The molecule has 35 valence electrons. The molecule has 0 amide bonds. The van der Waals surface area contributed by atoms with Gasteiger partial charge in [0.05, 0.1) is 6.07 Å². The van der Waals surface area contributed by atoms with Crippen LogP contribution in [0.3, 0.4) is 0 Å². The molecule has 0 aliphatic rings. The van der Waals surface area contributed by atoms with Crippen LogP contribution in [-0.2, 0) is 0 Å². The van der Waals surface area contributed by atoms with Gasteiger partial charge in [-0.15, -0.1) is 0 Å². The second-order valence-electron chi connectivity index (χ2n) is 1.03. The van der Waals surface area contributed by atoms with Crippen LogP contribution >= 0.6 is 0 Å². The van der Waals surface area contributed by atoms with E-state index in [1.807, 2.05) is 0 Å². The number of rotatable bonds is 0. The summed E-state index contributed by atoms with van der Waals surface area (Å²) in [4.78, 5) is 10.1. The molecule has 0 unspecified atom stereocenters. The fourth-order valence-corrected chi connectivity index (χ4v) is 0.278. The maximum absolute atomic E-state index is 10.1. The van der Waals surface area contributed by atoms with Crippen molar-refractivity contribution in [2.45, 2.75) is 0 Å². The largest absolute Gasteiger partial charge is 0.272 e. The Morgan fingerprint density at radius 1 is 1.86 bits per heavy atom. The molecule has 1 radical (unpaired) electrons. The van der Waals surface area contributed by atoms with Crippen LogP contribution in [0.1, 0.15) is 0 Å². The molecule has 1 N–H and O–H groups in total. The van der Waals surface area contributed by atoms with Gasteiger partial charge in [-0.3, -0.25) is 4.79 Å². The molecule has 0 saturated heterocycles. The van der Waals surface area contributed by atoms with Crippen molar-refractivity contribution < 1.29 is 0 Å². The predicted molar refractivity (Wildman–Crippen MR) is 23.7 cm³/mol. The molecule has 0 aromatic carbocycles. The minimum atomic E-state index is -0.289. The van der Waals surface area contributed by atoms with Crippen molar-refractivity contribution >= 4 is 0 Å². The highest BCUT2D eigenvalue weighted by Crippen LogP contribution is 1.59. The van der Waals surface area contributed by atoms with Gasteiger partial charge in [0.1, 0.15) is 0 Å². The second kappa shape index (κ2) is 1.55. The van der Waals surface area contributed by atoms with Crippen molar-refractivity contribution in [2.75, 3.05) is 0 Å². The average Bonchev–Trinajstić information content (AvgIpc) is 1.69. The molecule has 0 bridgehead atoms.